The van der Waals surface area contributed by atoms with E-state index in [4.69, 9.17) is 9.84 Å². The molecule has 0 aromatic carbocycles. The summed E-state index contributed by atoms with van der Waals surface area (Å²) in [6, 6.07) is 0. The monoisotopic (exact) mass is 382 g/mol. The highest BCUT2D eigenvalue weighted by atomic mass is 16.5. The number of esters is 1. The normalized spacial score (nSPS) is 15.6. The Bertz CT molecular complexity index is 398. The summed E-state index contributed by atoms with van der Waals surface area (Å²) < 4.78 is 4.96. The Morgan fingerprint density at radius 3 is 1.93 bits per heavy atom. The van der Waals surface area contributed by atoms with Crippen molar-refractivity contribution in [1.82, 2.24) is 0 Å². The van der Waals surface area contributed by atoms with Crippen molar-refractivity contribution in [2.24, 2.45) is 17.8 Å². The molecular formula is C24H46O3. The molecule has 160 valence electrons. The van der Waals surface area contributed by atoms with Crippen LogP contribution in [0.5, 0.6) is 0 Å². The zero-order valence-electron chi connectivity index (χ0n) is 18.9. The molecule has 3 nitrogen and oxygen atoms in total. The molecular weight excluding hydrogens is 336 g/mol. The van der Waals surface area contributed by atoms with Crippen LogP contribution < -0.4 is 0 Å². The number of allylic oxidation sites excluding steroid dienone is 1. The molecule has 0 radical (unpaired) electrons. The van der Waals surface area contributed by atoms with Crippen molar-refractivity contribution in [3.8, 4) is 0 Å². The van der Waals surface area contributed by atoms with Crippen molar-refractivity contribution < 1.29 is 14.6 Å². The van der Waals surface area contributed by atoms with Crippen molar-refractivity contribution >= 4 is 5.97 Å². The third-order valence-electron chi connectivity index (χ3n) is 5.24. The Morgan fingerprint density at radius 2 is 1.41 bits per heavy atom. The maximum Gasteiger partial charge on any atom is 0.309 e. The summed E-state index contributed by atoms with van der Waals surface area (Å²) in [4.78, 5) is 11.5. The fraction of sp³-hybridized carbons (Fsp3) is 0.875. The molecule has 0 bridgehead atoms. The van der Waals surface area contributed by atoms with Gasteiger partial charge in [0.15, 0.2) is 0 Å². The van der Waals surface area contributed by atoms with Crippen molar-refractivity contribution in [1.29, 1.82) is 0 Å². The van der Waals surface area contributed by atoms with Gasteiger partial charge in [0.05, 0.1) is 12.5 Å². The summed E-state index contributed by atoms with van der Waals surface area (Å²) >= 11 is 0. The van der Waals surface area contributed by atoms with Crippen LogP contribution in [0.4, 0.5) is 0 Å². The lowest BCUT2D eigenvalue weighted by Crippen LogP contribution is -2.14. The van der Waals surface area contributed by atoms with Gasteiger partial charge in [0.2, 0.25) is 0 Å². The molecule has 0 aromatic heterocycles. The molecule has 3 atom stereocenters. The van der Waals surface area contributed by atoms with Gasteiger partial charge in [-0.3, -0.25) is 4.79 Å². The van der Waals surface area contributed by atoms with E-state index in [9.17, 15) is 4.79 Å². The maximum absolute atomic E-state index is 11.5. The van der Waals surface area contributed by atoms with Crippen LogP contribution in [0.3, 0.4) is 0 Å². The van der Waals surface area contributed by atoms with E-state index in [1.54, 1.807) is 6.92 Å². The second-order valence-electron chi connectivity index (χ2n) is 9.14. The molecule has 0 aliphatic rings. The van der Waals surface area contributed by atoms with Crippen LogP contribution >= 0.6 is 0 Å². The molecule has 1 N–H and O–H groups in total. The molecule has 0 aliphatic heterocycles. The van der Waals surface area contributed by atoms with Crippen molar-refractivity contribution in [2.45, 2.75) is 112 Å². The zero-order chi connectivity index (χ0) is 20.7. The Kier molecular flexibility index (Phi) is 15.7. The van der Waals surface area contributed by atoms with E-state index in [0.29, 0.717) is 6.42 Å². The molecule has 0 rings (SSSR count). The number of aliphatic hydroxyl groups excluding tert-OH is 1. The summed E-state index contributed by atoms with van der Waals surface area (Å²) in [5.41, 5.74) is 1.26. The Morgan fingerprint density at radius 1 is 0.889 bits per heavy atom. The lowest BCUT2D eigenvalue weighted by atomic mass is 9.91. The summed E-state index contributed by atoms with van der Waals surface area (Å²) in [7, 11) is 0. The van der Waals surface area contributed by atoms with Crippen LogP contribution in [0.25, 0.3) is 0 Å². The van der Waals surface area contributed by atoms with Gasteiger partial charge in [0.1, 0.15) is 6.61 Å². The SMILES string of the molecule is C/C(=C\CC(=O)OCC(C)O)CCCC(C)CCCC(C)CCCC(C)C. The number of aliphatic hydroxyl groups is 1. The minimum atomic E-state index is -0.594. The highest BCUT2D eigenvalue weighted by molar-refractivity contribution is 5.71. The summed E-state index contributed by atoms with van der Waals surface area (Å²) in [5, 5.41) is 9.10. The number of carbonyl (C=O) groups is 1. The number of rotatable bonds is 16. The Balaban J connectivity index is 3.73. The lowest BCUT2D eigenvalue weighted by molar-refractivity contribution is -0.145. The fourth-order valence-corrected chi connectivity index (χ4v) is 3.34. The second kappa shape index (κ2) is 16.2. The molecule has 0 aromatic rings. The van der Waals surface area contributed by atoms with Crippen molar-refractivity contribution in [2.75, 3.05) is 6.61 Å². The number of hydrogen-bond acceptors (Lipinski definition) is 3. The molecule has 0 heterocycles. The summed E-state index contributed by atoms with van der Waals surface area (Å²) in [5.74, 6) is 2.24. The van der Waals surface area contributed by atoms with E-state index in [-0.39, 0.29) is 12.6 Å². The molecule has 3 heteroatoms. The predicted molar refractivity (Wildman–Crippen MR) is 116 cm³/mol. The van der Waals surface area contributed by atoms with E-state index < -0.39 is 6.10 Å². The highest BCUT2D eigenvalue weighted by Gasteiger charge is 2.07. The zero-order valence-corrected chi connectivity index (χ0v) is 18.9. The fourth-order valence-electron chi connectivity index (χ4n) is 3.34. The van der Waals surface area contributed by atoms with E-state index in [1.807, 2.05) is 6.08 Å². The third-order valence-corrected chi connectivity index (χ3v) is 5.24. The van der Waals surface area contributed by atoms with Crippen LogP contribution in [0.1, 0.15) is 106 Å². The van der Waals surface area contributed by atoms with Crippen LogP contribution in [-0.2, 0) is 9.53 Å². The van der Waals surface area contributed by atoms with Crippen LogP contribution in [-0.4, -0.2) is 23.8 Å². The van der Waals surface area contributed by atoms with Gasteiger partial charge >= 0.3 is 5.97 Å². The van der Waals surface area contributed by atoms with Gasteiger partial charge in [-0.1, -0.05) is 84.3 Å². The van der Waals surface area contributed by atoms with E-state index in [0.717, 1.165) is 24.2 Å². The minimum absolute atomic E-state index is 0.0829. The standard InChI is InChI=1S/C24H46O3/c1-19(2)10-7-11-20(3)12-8-13-21(4)14-9-15-22(5)16-17-24(26)27-18-23(6)25/h16,19-21,23,25H,7-15,17-18H2,1-6H3/b22-16+. The molecule has 0 saturated carbocycles. The first-order valence-electron chi connectivity index (χ1n) is 11.2. The van der Waals surface area contributed by atoms with Gasteiger partial charge in [0.25, 0.3) is 0 Å². The van der Waals surface area contributed by atoms with Crippen molar-refractivity contribution in [3.63, 3.8) is 0 Å². The van der Waals surface area contributed by atoms with Crippen LogP contribution in [0, 0.1) is 17.8 Å². The van der Waals surface area contributed by atoms with Gasteiger partial charge in [-0.15, -0.1) is 0 Å². The van der Waals surface area contributed by atoms with Crippen LogP contribution in [0.2, 0.25) is 0 Å². The first-order valence-corrected chi connectivity index (χ1v) is 11.2. The topological polar surface area (TPSA) is 46.5 Å². The van der Waals surface area contributed by atoms with Crippen molar-refractivity contribution in [3.05, 3.63) is 11.6 Å². The molecule has 3 unspecified atom stereocenters. The quantitative estimate of drug-likeness (QED) is 0.239. The first-order chi connectivity index (χ1) is 12.7. The number of carbonyl (C=O) groups excluding carboxylic acids is 1. The van der Waals surface area contributed by atoms with Gasteiger partial charge in [-0.2, -0.15) is 0 Å². The highest BCUT2D eigenvalue weighted by Crippen LogP contribution is 2.22. The average Bonchev–Trinajstić information content (AvgIpc) is 2.57. The molecule has 27 heavy (non-hydrogen) atoms. The number of ether oxygens (including phenoxy) is 1. The van der Waals surface area contributed by atoms with Gasteiger partial charge < -0.3 is 9.84 Å². The summed E-state index contributed by atoms with van der Waals surface area (Å²) in [6.07, 6.45) is 13.4. The Labute approximate surface area is 169 Å². The van der Waals surface area contributed by atoms with E-state index >= 15 is 0 Å². The summed E-state index contributed by atoms with van der Waals surface area (Å²) in [6.45, 7) is 13.2. The molecule has 0 saturated heterocycles. The lowest BCUT2D eigenvalue weighted by Gasteiger charge is -2.15. The minimum Gasteiger partial charge on any atom is -0.463 e. The predicted octanol–water partition coefficient (Wildman–Crippen LogP) is 6.69. The van der Waals surface area contributed by atoms with E-state index in [1.165, 1.54) is 56.9 Å². The average molecular weight is 383 g/mol. The molecule has 0 amide bonds. The van der Waals surface area contributed by atoms with Gasteiger partial charge in [-0.25, -0.2) is 0 Å². The molecule has 0 spiro atoms. The molecule has 0 aliphatic carbocycles. The number of hydrogen-bond donors (Lipinski definition) is 1. The maximum atomic E-state index is 11.5. The van der Waals surface area contributed by atoms with Gasteiger partial charge in [0, 0.05) is 0 Å². The Hall–Kier alpha value is -0.830. The first kappa shape index (κ1) is 26.2. The van der Waals surface area contributed by atoms with Crippen LogP contribution in [0.15, 0.2) is 11.6 Å². The van der Waals surface area contributed by atoms with E-state index in [2.05, 4.69) is 34.6 Å². The second-order valence-corrected chi connectivity index (χ2v) is 9.14. The largest absolute Gasteiger partial charge is 0.463 e. The van der Waals surface area contributed by atoms with Gasteiger partial charge in [-0.05, 0) is 44.4 Å². The third kappa shape index (κ3) is 18.3. The molecule has 0 fully saturated rings. The smallest absolute Gasteiger partial charge is 0.309 e.